The maximum absolute atomic E-state index is 9.97. The summed E-state index contributed by atoms with van der Waals surface area (Å²) in [5.41, 5.74) is 3.04. The van der Waals surface area contributed by atoms with Crippen molar-refractivity contribution in [2.45, 2.75) is 6.92 Å². The van der Waals surface area contributed by atoms with E-state index in [0.29, 0.717) is 22.0 Å². The van der Waals surface area contributed by atoms with Crippen LogP contribution in [-0.4, -0.2) is 10.3 Å². The molecule has 3 nitrogen and oxygen atoms in total. The second-order valence-electron chi connectivity index (χ2n) is 4.58. The molecule has 2 aromatic carbocycles. The molecule has 0 fully saturated rings. The van der Waals surface area contributed by atoms with E-state index in [0.717, 1.165) is 11.1 Å². The maximum Gasteiger partial charge on any atom is 0.171 e. The average Bonchev–Trinajstić information content (AvgIpc) is 2.88. The smallest absolute Gasteiger partial charge is 0.171 e. The van der Waals surface area contributed by atoms with Gasteiger partial charge in [0, 0.05) is 11.6 Å². The molecule has 0 spiro atoms. The monoisotopic (exact) mass is 285 g/mol. The van der Waals surface area contributed by atoms with Crippen LogP contribution in [0.15, 0.2) is 53.1 Å². The molecular weight excluding hydrogens is 274 g/mol. The third kappa shape index (κ3) is 2.28. The minimum atomic E-state index is 0.173. The van der Waals surface area contributed by atoms with Gasteiger partial charge in [-0.1, -0.05) is 41.0 Å². The Morgan fingerprint density at radius 2 is 1.85 bits per heavy atom. The van der Waals surface area contributed by atoms with Crippen molar-refractivity contribution in [3.63, 3.8) is 0 Å². The number of nitrogens with zero attached hydrogens (tertiary/aromatic N) is 1. The first-order valence-electron chi connectivity index (χ1n) is 6.17. The second kappa shape index (κ2) is 5.02. The van der Waals surface area contributed by atoms with Gasteiger partial charge in [0.05, 0.1) is 10.6 Å². The van der Waals surface area contributed by atoms with Crippen molar-refractivity contribution in [3.8, 4) is 28.3 Å². The number of halogens is 1. The molecule has 0 saturated heterocycles. The number of benzene rings is 2. The van der Waals surface area contributed by atoms with Crippen molar-refractivity contribution >= 4 is 11.6 Å². The number of phenols is 1. The predicted molar refractivity (Wildman–Crippen MR) is 78.8 cm³/mol. The molecule has 3 aromatic rings. The van der Waals surface area contributed by atoms with Gasteiger partial charge in [0.15, 0.2) is 5.76 Å². The third-order valence-electron chi connectivity index (χ3n) is 3.08. The highest BCUT2D eigenvalue weighted by molar-refractivity contribution is 6.33. The molecule has 0 aliphatic carbocycles. The summed E-state index contributed by atoms with van der Waals surface area (Å²) in [7, 11) is 0. The number of hydrogen-bond acceptors (Lipinski definition) is 3. The molecule has 0 radical (unpaired) electrons. The van der Waals surface area contributed by atoms with Gasteiger partial charge in [-0.3, -0.25) is 0 Å². The Kier molecular flexibility index (Phi) is 3.20. The van der Waals surface area contributed by atoms with E-state index in [2.05, 4.69) is 5.16 Å². The lowest BCUT2D eigenvalue weighted by molar-refractivity contribution is 0.428. The van der Waals surface area contributed by atoms with Crippen molar-refractivity contribution < 1.29 is 9.63 Å². The first-order valence-corrected chi connectivity index (χ1v) is 6.54. The number of aryl methyl sites for hydroxylation is 1. The highest BCUT2D eigenvalue weighted by Gasteiger charge is 2.13. The molecule has 4 heteroatoms. The van der Waals surface area contributed by atoms with Crippen LogP contribution in [0.3, 0.4) is 0 Å². The van der Waals surface area contributed by atoms with Crippen molar-refractivity contribution in [2.24, 2.45) is 0 Å². The summed E-state index contributed by atoms with van der Waals surface area (Å²) < 4.78 is 5.31. The molecule has 1 aromatic heterocycles. The van der Waals surface area contributed by atoms with Crippen LogP contribution in [0.2, 0.25) is 5.02 Å². The fraction of sp³-hybridized carbons (Fsp3) is 0.0625. The Morgan fingerprint density at radius 3 is 2.60 bits per heavy atom. The van der Waals surface area contributed by atoms with Gasteiger partial charge in [0.2, 0.25) is 0 Å². The van der Waals surface area contributed by atoms with E-state index in [1.165, 1.54) is 0 Å². The Morgan fingerprint density at radius 1 is 1.05 bits per heavy atom. The molecule has 0 amide bonds. The highest BCUT2D eigenvalue weighted by Crippen LogP contribution is 2.34. The first kappa shape index (κ1) is 12.8. The molecule has 1 N–H and O–H groups in total. The molecule has 20 heavy (non-hydrogen) atoms. The lowest BCUT2D eigenvalue weighted by Gasteiger charge is -2.00. The average molecular weight is 286 g/mol. The SMILES string of the molecule is Cc1ccc(-c2cc(-c3ccccc3Cl)no2)c(O)c1. The standard InChI is InChI=1S/C16H12ClNO2/c1-10-6-7-12(15(19)8-10)16-9-14(18-20-16)11-4-2-3-5-13(11)17/h2-9,19H,1H3. The highest BCUT2D eigenvalue weighted by atomic mass is 35.5. The maximum atomic E-state index is 9.97. The molecule has 1 heterocycles. The molecule has 0 saturated carbocycles. The van der Waals surface area contributed by atoms with Crippen LogP contribution < -0.4 is 0 Å². The van der Waals surface area contributed by atoms with Crippen molar-refractivity contribution in [3.05, 3.63) is 59.1 Å². The Balaban J connectivity index is 2.04. The zero-order chi connectivity index (χ0) is 14.1. The van der Waals surface area contributed by atoms with Crippen molar-refractivity contribution in [1.82, 2.24) is 5.16 Å². The van der Waals surface area contributed by atoms with Crippen LogP contribution >= 0.6 is 11.6 Å². The van der Waals surface area contributed by atoms with E-state index in [4.69, 9.17) is 16.1 Å². The minimum absolute atomic E-state index is 0.173. The molecule has 0 bridgehead atoms. The summed E-state index contributed by atoms with van der Waals surface area (Å²) in [6.45, 7) is 1.92. The van der Waals surface area contributed by atoms with E-state index in [1.54, 1.807) is 18.2 Å². The van der Waals surface area contributed by atoms with Gasteiger partial charge in [-0.2, -0.15) is 0 Å². The molecule has 3 rings (SSSR count). The van der Waals surface area contributed by atoms with Crippen LogP contribution in [0.1, 0.15) is 5.56 Å². The van der Waals surface area contributed by atoms with Crippen LogP contribution in [0.5, 0.6) is 5.75 Å². The molecule has 0 atom stereocenters. The van der Waals surface area contributed by atoms with Gasteiger partial charge in [0.1, 0.15) is 11.4 Å². The van der Waals surface area contributed by atoms with Gasteiger partial charge < -0.3 is 9.63 Å². The summed E-state index contributed by atoms with van der Waals surface area (Å²) in [5, 5.41) is 14.6. The minimum Gasteiger partial charge on any atom is -0.507 e. The van der Waals surface area contributed by atoms with Gasteiger partial charge in [-0.05, 0) is 30.7 Å². The molecule has 0 unspecified atom stereocenters. The molecule has 100 valence electrons. The molecule has 0 aliphatic rings. The van der Waals surface area contributed by atoms with Gasteiger partial charge >= 0.3 is 0 Å². The van der Waals surface area contributed by atoms with Gasteiger partial charge in [0.25, 0.3) is 0 Å². The van der Waals surface area contributed by atoms with Crippen LogP contribution in [0.25, 0.3) is 22.6 Å². The summed E-state index contributed by atoms with van der Waals surface area (Å²) in [5.74, 6) is 0.685. The van der Waals surface area contributed by atoms with Gasteiger partial charge in [-0.25, -0.2) is 0 Å². The van der Waals surface area contributed by atoms with E-state index in [1.807, 2.05) is 37.3 Å². The Labute approximate surface area is 121 Å². The number of hydrogen-bond donors (Lipinski definition) is 1. The van der Waals surface area contributed by atoms with E-state index >= 15 is 0 Å². The lowest BCUT2D eigenvalue weighted by Crippen LogP contribution is -1.78. The van der Waals surface area contributed by atoms with Crippen molar-refractivity contribution in [2.75, 3.05) is 0 Å². The quantitative estimate of drug-likeness (QED) is 0.744. The third-order valence-corrected chi connectivity index (χ3v) is 3.41. The number of rotatable bonds is 2. The fourth-order valence-corrected chi connectivity index (χ4v) is 2.28. The summed E-state index contributed by atoms with van der Waals surface area (Å²) in [6, 6.07) is 14.6. The Bertz CT molecular complexity index is 765. The van der Waals surface area contributed by atoms with Crippen molar-refractivity contribution in [1.29, 1.82) is 0 Å². The fourth-order valence-electron chi connectivity index (χ4n) is 2.05. The van der Waals surface area contributed by atoms with Gasteiger partial charge in [-0.15, -0.1) is 0 Å². The molecule has 0 aliphatic heterocycles. The summed E-state index contributed by atoms with van der Waals surface area (Å²) >= 11 is 6.14. The van der Waals surface area contributed by atoms with Crippen LogP contribution in [0.4, 0.5) is 0 Å². The summed E-state index contributed by atoms with van der Waals surface area (Å²) in [6.07, 6.45) is 0. The predicted octanol–water partition coefficient (Wildman–Crippen LogP) is 4.68. The first-order chi connectivity index (χ1) is 9.65. The van der Waals surface area contributed by atoms with Crippen LogP contribution in [0, 0.1) is 6.92 Å². The second-order valence-corrected chi connectivity index (χ2v) is 4.98. The van der Waals surface area contributed by atoms with E-state index in [-0.39, 0.29) is 5.75 Å². The number of aromatic nitrogens is 1. The van der Waals surface area contributed by atoms with E-state index < -0.39 is 0 Å². The lowest BCUT2D eigenvalue weighted by atomic mass is 10.1. The number of aromatic hydroxyl groups is 1. The molecular formula is C16H12ClNO2. The van der Waals surface area contributed by atoms with Crippen LogP contribution in [-0.2, 0) is 0 Å². The Hall–Kier alpha value is -2.26. The normalized spacial score (nSPS) is 10.7. The van der Waals surface area contributed by atoms with E-state index in [9.17, 15) is 5.11 Å². The number of phenolic OH excluding ortho intramolecular Hbond substituents is 1. The largest absolute Gasteiger partial charge is 0.507 e. The summed E-state index contributed by atoms with van der Waals surface area (Å²) in [4.78, 5) is 0. The zero-order valence-corrected chi connectivity index (χ0v) is 11.6. The topological polar surface area (TPSA) is 46.3 Å². The zero-order valence-electron chi connectivity index (χ0n) is 10.8.